The second-order valence-electron chi connectivity index (χ2n) is 4.55. The SMILES string of the molecule is CC(=O)Nc1sc2c(c1C1=NNN(C)N1)CCNC2. The van der Waals surface area contributed by atoms with Gasteiger partial charge in [-0.2, -0.15) is 0 Å². The Morgan fingerprint density at radius 2 is 2.37 bits per heavy atom. The van der Waals surface area contributed by atoms with Crippen LogP contribution in [0.25, 0.3) is 0 Å². The van der Waals surface area contributed by atoms with Gasteiger partial charge in [0.1, 0.15) is 5.00 Å². The lowest BCUT2D eigenvalue weighted by Crippen LogP contribution is -2.38. The van der Waals surface area contributed by atoms with E-state index in [1.807, 2.05) is 7.05 Å². The molecule has 3 rings (SSSR count). The van der Waals surface area contributed by atoms with E-state index in [0.717, 1.165) is 35.9 Å². The number of amidine groups is 1. The van der Waals surface area contributed by atoms with Gasteiger partial charge in [0.15, 0.2) is 5.84 Å². The number of fused-ring (bicyclic) bond motifs is 1. The van der Waals surface area contributed by atoms with Crippen molar-refractivity contribution in [3.05, 3.63) is 16.0 Å². The van der Waals surface area contributed by atoms with Gasteiger partial charge >= 0.3 is 0 Å². The lowest BCUT2D eigenvalue weighted by molar-refractivity contribution is -0.114. The summed E-state index contributed by atoms with van der Waals surface area (Å²) in [7, 11) is 1.84. The van der Waals surface area contributed by atoms with Crippen molar-refractivity contribution in [3.8, 4) is 0 Å². The number of hydrazine groups is 2. The fraction of sp³-hybridized carbons (Fsp3) is 0.455. The first-order valence-corrected chi connectivity index (χ1v) is 6.93. The van der Waals surface area contributed by atoms with Crippen molar-refractivity contribution in [2.75, 3.05) is 18.9 Å². The second-order valence-corrected chi connectivity index (χ2v) is 5.65. The standard InChI is InChI=1S/C11H16N6OS/c1-6(18)13-11-9(10-14-16-17(2)15-10)7-3-4-12-5-8(7)19-11/h12,16H,3-5H2,1-2H3,(H,13,18)(H,14,15). The van der Waals surface area contributed by atoms with Crippen LogP contribution < -0.4 is 21.6 Å². The second kappa shape index (κ2) is 4.80. The predicted octanol–water partition coefficient (Wildman–Crippen LogP) is -0.0316. The van der Waals surface area contributed by atoms with Gasteiger partial charge in [-0.25, -0.2) is 5.53 Å². The van der Waals surface area contributed by atoms with E-state index in [1.54, 1.807) is 16.5 Å². The van der Waals surface area contributed by atoms with Gasteiger partial charge in [0.25, 0.3) is 0 Å². The molecule has 102 valence electrons. The first-order chi connectivity index (χ1) is 9.15. The third-order valence-corrected chi connectivity index (χ3v) is 4.19. The average Bonchev–Trinajstić information content (AvgIpc) is 2.91. The number of hydrazone groups is 1. The van der Waals surface area contributed by atoms with Crippen LogP contribution in [0.2, 0.25) is 0 Å². The molecule has 0 saturated heterocycles. The summed E-state index contributed by atoms with van der Waals surface area (Å²) in [5, 5.41) is 13.0. The van der Waals surface area contributed by atoms with E-state index in [4.69, 9.17) is 0 Å². The van der Waals surface area contributed by atoms with Crippen molar-refractivity contribution >= 4 is 28.1 Å². The van der Waals surface area contributed by atoms with Crippen LogP contribution in [0.4, 0.5) is 5.00 Å². The highest BCUT2D eigenvalue weighted by molar-refractivity contribution is 7.17. The van der Waals surface area contributed by atoms with Gasteiger partial charge in [0.2, 0.25) is 5.91 Å². The number of nitrogens with one attached hydrogen (secondary N) is 4. The molecule has 3 heterocycles. The number of nitrogens with zero attached hydrogens (tertiary/aromatic N) is 2. The van der Waals surface area contributed by atoms with Crippen LogP contribution in [0, 0.1) is 0 Å². The molecule has 0 spiro atoms. The van der Waals surface area contributed by atoms with E-state index in [1.165, 1.54) is 17.4 Å². The number of rotatable bonds is 2. The molecule has 1 amide bonds. The molecule has 19 heavy (non-hydrogen) atoms. The Labute approximate surface area is 115 Å². The first kappa shape index (κ1) is 12.4. The molecule has 0 unspecified atom stereocenters. The summed E-state index contributed by atoms with van der Waals surface area (Å²) < 4.78 is 0. The monoisotopic (exact) mass is 280 g/mol. The van der Waals surface area contributed by atoms with Gasteiger partial charge in [-0.3, -0.25) is 10.2 Å². The molecule has 2 aliphatic heterocycles. The number of carbonyl (C=O) groups excluding carboxylic acids is 1. The summed E-state index contributed by atoms with van der Waals surface area (Å²) in [6.07, 6.45) is 0.950. The summed E-state index contributed by atoms with van der Waals surface area (Å²) in [6.45, 7) is 3.32. The predicted molar refractivity (Wildman–Crippen MR) is 74.6 cm³/mol. The smallest absolute Gasteiger partial charge is 0.221 e. The van der Waals surface area contributed by atoms with E-state index < -0.39 is 0 Å². The number of hydrogen-bond donors (Lipinski definition) is 4. The molecule has 0 radical (unpaired) electrons. The Balaban J connectivity index is 2.03. The Hall–Kier alpha value is -1.64. The zero-order chi connectivity index (χ0) is 13.4. The molecule has 1 aromatic rings. The number of anilines is 1. The topological polar surface area (TPSA) is 80.8 Å². The molecule has 8 heteroatoms. The number of carbonyl (C=O) groups is 1. The van der Waals surface area contributed by atoms with Crippen LogP contribution in [-0.4, -0.2) is 30.5 Å². The van der Waals surface area contributed by atoms with Crippen molar-refractivity contribution in [2.24, 2.45) is 5.10 Å². The van der Waals surface area contributed by atoms with Crippen molar-refractivity contribution in [1.29, 1.82) is 0 Å². The van der Waals surface area contributed by atoms with Gasteiger partial charge in [0.05, 0.1) is 5.56 Å². The Kier molecular flexibility index (Phi) is 3.13. The molecule has 1 aromatic heterocycles. The molecule has 0 aliphatic carbocycles. The van der Waals surface area contributed by atoms with E-state index in [9.17, 15) is 4.79 Å². The minimum atomic E-state index is -0.0623. The Morgan fingerprint density at radius 1 is 1.53 bits per heavy atom. The normalized spacial score (nSPS) is 18.3. The molecule has 2 aliphatic rings. The summed E-state index contributed by atoms with van der Waals surface area (Å²) in [4.78, 5) is 12.6. The highest BCUT2D eigenvalue weighted by Crippen LogP contribution is 2.35. The molecular weight excluding hydrogens is 264 g/mol. The molecular formula is C11H16N6OS. The number of hydrogen-bond acceptors (Lipinski definition) is 7. The van der Waals surface area contributed by atoms with Crippen molar-refractivity contribution in [3.63, 3.8) is 0 Å². The van der Waals surface area contributed by atoms with Gasteiger partial charge in [-0.1, -0.05) is 0 Å². The first-order valence-electron chi connectivity index (χ1n) is 6.12. The fourth-order valence-electron chi connectivity index (χ4n) is 2.28. The fourth-order valence-corrected chi connectivity index (χ4v) is 3.54. The maximum atomic E-state index is 11.4. The van der Waals surface area contributed by atoms with Crippen LogP contribution in [0.15, 0.2) is 5.10 Å². The summed E-state index contributed by atoms with van der Waals surface area (Å²) in [6, 6.07) is 0. The molecule has 0 saturated carbocycles. The van der Waals surface area contributed by atoms with Crippen LogP contribution in [0.1, 0.15) is 22.9 Å². The molecule has 0 fully saturated rings. The lowest BCUT2D eigenvalue weighted by atomic mass is 10.0. The quantitative estimate of drug-likeness (QED) is 0.612. The minimum absolute atomic E-state index is 0.0623. The maximum absolute atomic E-state index is 11.4. The molecule has 0 aromatic carbocycles. The number of thiophene rings is 1. The van der Waals surface area contributed by atoms with Gasteiger partial charge in [0, 0.05) is 25.4 Å². The zero-order valence-electron chi connectivity index (χ0n) is 10.8. The zero-order valence-corrected chi connectivity index (χ0v) is 11.6. The van der Waals surface area contributed by atoms with E-state index in [0.29, 0.717) is 0 Å². The Morgan fingerprint density at radius 3 is 3.05 bits per heavy atom. The molecule has 4 N–H and O–H groups in total. The average molecular weight is 280 g/mol. The molecule has 0 atom stereocenters. The van der Waals surface area contributed by atoms with Gasteiger partial charge < -0.3 is 10.6 Å². The third-order valence-electron chi connectivity index (χ3n) is 3.04. The largest absolute Gasteiger partial charge is 0.317 e. The van der Waals surface area contributed by atoms with Crippen LogP contribution in [0.3, 0.4) is 0 Å². The van der Waals surface area contributed by atoms with E-state index in [2.05, 4.69) is 26.7 Å². The van der Waals surface area contributed by atoms with Crippen molar-refractivity contribution in [1.82, 2.24) is 21.4 Å². The van der Waals surface area contributed by atoms with Gasteiger partial charge in [-0.15, -0.1) is 21.6 Å². The molecule has 0 bridgehead atoms. The Bertz CT molecular complexity index is 552. The van der Waals surface area contributed by atoms with Crippen LogP contribution >= 0.6 is 11.3 Å². The summed E-state index contributed by atoms with van der Waals surface area (Å²) in [5.41, 5.74) is 8.24. The van der Waals surface area contributed by atoms with E-state index in [-0.39, 0.29) is 5.91 Å². The van der Waals surface area contributed by atoms with E-state index >= 15 is 0 Å². The minimum Gasteiger partial charge on any atom is -0.317 e. The van der Waals surface area contributed by atoms with Crippen LogP contribution in [-0.2, 0) is 17.8 Å². The highest BCUT2D eigenvalue weighted by atomic mass is 32.1. The third kappa shape index (κ3) is 2.29. The lowest BCUT2D eigenvalue weighted by Gasteiger charge is -2.15. The van der Waals surface area contributed by atoms with Crippen molar-refractivity contribution in [2.45, 2.75) is 19.9 Å². The maximum Gasteiger partial charge on any atom is 0.221 e. The number of amides is 1. The van der Waals surface area contributed by atoms with Crippen LogP contribution in [0.5, 0.6) is 0 Å². The van der Waals surface area contributed by atoms with Crippen molar-refractivity contribution < 1.29 is 4.79 Å². The summed E-state index contributed by atoms with van der Waals surface area (Å²) in [5.74, 6) is 0.693. The molecule has 7 nitrogen and oxygen atoms in total. The highest BCUT2D eigenvalue weighted by Gasteiger charge is 2.26. The summed E-state index contributed by atoms with van der Waals surface area (Å²) >= 11 is 1.62. The van der Waals surface area contributed by atoms with Gasteiger partial charge in [-0.05, 0) is 18.5 Å².